The number of benzene rings is 1. The number of nitrogens with zero attached hydrogens (tertiary/aromatic N) is 3. The van der Waals surface area contributed by atoms with E-state index in [4.69, 9.17) is 9.47 Å². The zero-order valence-electron chi connectivity index (χ0n) is 17.3. The van der Waals surface area contributed by atoms with Gasteiger partial charge in [-0.25, -0.2) is 9.97 Å². The van der Waals surface area contributed by atoms with E-state index in [9.17, 15) is 4.79 Å². The second-order valence-corrected chi connectivity index (χ2v) is 7.22. The van der Waals surface area contributed by atoms with Crippen molar-refractivity contribution in [1.82, 2.24) is 20.2 Å². The van der Waals surface area contributed by atoms with Crippen molar-refractivity contribution in [1.29, 1.82) is 0 Å². The molecular formula is C21H29N5O3. The Bertz CT molecular complexity index is 822. The lowest BCUT2D eigenvalue weighted by atomic mass is 10.3. The lowest BCUT2D eigenvalue weighted by Gasteiger charge is -2.26. The predicted molar refractivity (Wildman–Crippen MR) is 112 cm³/mol. The van der Waals surface area contributed by atoms with E-state index in [1.54, 1.807) is 6.07 Å². The number of aryl methyl sites for hydroxylation is 1. The molecule has 156 valence electrons. The summed E-state index contributed by atoms with van der Waals surface area (Å²) < 4.78 is 11.2. The van der Waals surface area contributed by atoms with Gasteiger partial charge in [-0.3, -0.25) is 9.69 Å². The highest BCUT2D eigenvalue weighted by atomic mass is 16.5. The molecule has 0 saturated carbocycles. The third kappa shape index (κ3) is 6.40. The van der Waals surface area contributed by atoms with Crippen LogP contribution in [0.15, 0.2) is 30.3 Å². The number of nitrogens with one attached hydrogen (secondary N) is 2. The maximum atomic E-state index is 12.6. The fourth-order valence-corrected chi connectivity index (χ4v) is 3.03. The molecule has 1 amide bonds. The second-order valence-electron chi connectivity index (χ2n) is 7.22. The van der Waals surface area contributed by atoms with Crippen molar-refractivity contribution in [2.75, 3.05) is 44.7 Å². The number of para-hydroxylation sites is 2. The van der Waals surface area contributed by atoms with Gasteiger partial charge in [-0.1, -0.05) is 12.1 Å². The summed E-state index contributed by atoms with van der Waals surface area (Å²) in [5.41, 5.74) is 1.80. The lowest BCUT2D eigenvalue weighted by Crippen LogP contribution is -2.41. The number of rotatable bonds is 8. The average molecular weight is 399 g/mol. The molecule has 1 aliphatic heterocycles. The monoisotopic (exact) mass is 399 g/mol. The van der Waals surface area contributed by atoms with Crippen LogP contribution in [0.2, 0.25) is 0 Å². The standard InChI is InChI=1S/C21H29N5O3/c1-15(2)29-19-7-5-4-6-17(19)24-21-23-16(3)14-18(25-21)20(27)22-8-9-26-10-12-28-13-11-26/h4-7,14-15H,8-13H2,1-3H3,(H,22,27)(H,23,24,25). The summed E-state index contributed by atoms with van der Waals surface area (Å²) in [7, 11) is 0. The minimum Gasteiger partial charge on any atom is -0.489 e. The van der Waals surface area contributed by atoms with E-state index in [0.29, 0.717) is 29.6 Å². The fourth-order valence-electron chi connectivity index (χ4n) is 3.03. The van der Waals surface area contributed by atoms with E-state index in [1.807, 2.05) is 45.0 Å². The van der Waals surface area contributed by atoms with Crippen LogP contribution in [-0.4, -0.2) is 66.3 Å². The smallest absolute Gasteiger partial charge is 0.270 e. The van der Waals surface area contributed by atoms with Crippen LogP contribution in [0, 0.1) is 6.92 Å². The third-order valence-corrected chi connectivity index (χ3v) is 4.40. The predicted octanol–water partition coefficient (Wildman–Crippen LogP) is 2.38. The van der Waals surface area contributed by atoms with Gasteiger partial charge in [0.2, 0.25) is 5.95 Å². The van der Waals surface area contributed by atoms with E-state index in [0.717, 1.165) is 38.5 Å². The Morgan fingerprint density at radius 1 is 1.24 bits per heavy atom. The first-order valence-electron chi connectivity index (χ1n) is 9.98. The van der Waals surface area contributed by atoms with Gasteiger partial charge in [0.25, 0.3) is 5.91 Å². The van der Waals surface area contributed by atoms with Crippen molar-refractivity contribution in [2.45, 2.75) is 26.9 Å². The summed E-state index contributed by atoms with van der Waals surface area (Å²) in [6, 6.07) is 9.28. The van der Waals surface area contributed by atoms with Crippen LogP contribution in [0.5, 0.6) is 5.75 Å². The molecule has 0 radical (unpaired) electrons. The normalized spacial score (nSPS) is 14.6. The van der Waals surface area contributed by atoms with Crippen LogP contribution >= 0.6 is 0 Å². The van der Waals surface area contributed by atoms with Crippen LogP contribution in [0.3, 0.4) is 0 Å². The Balaban J connectivity index is 1.64. The number of anilines is 2. The Hall–Kier alpha value is -2.71. The number of carbonyl (C=O) groups excluding carboxylic acids is 1. The first-order valence-corrected chi connectivity index (χ1v) is 9.98. The van der Waals surface area contributed by atoms with Gasteiger partial charge in [-0.05, 0) is 39.0 Å². The van der Waals surface area contributed by atoms with Gasteiger partial charge < -0.3 is 20.1 Å². The minimum absolute atomic E-state index is 0.0455. The largest absolute Gasteiger partial charge is 0.489 e. The van der Waals surface area contributed by atoms with Gasteiger partial charge in [0.05, 0.1) is 25.0 Å². The molecule has 8 nitrogen and oxygen atoms in total. The molecule has 2 N–H and O–H groups in total. The highest BCUT2D eigenvalue weighted by Gasteiger charge is 2.14. The zero-order valence-corrected chi connectivity index (χ0v) is 17.3. The lowest BCUT2D eigenvalue weighted by molar-refractivity contribution is 0.0383. The molecule has 0 atom stereocenters. The van der Waals surface area contributed by atoms with Gasteiger partial charge in [0.15, 0.2) is 0 Å². The van der Waals surface area contributed by atoms with Crippen molar-refractivity contribution in [3.8, 4) is 5.75 Å². The first kappa shape index (κ1) is 21.0. The second kappa shape index (κ2) is 10.2. The molecule has 2 heterocycles. The molecule has 1 saturated heterocycles. The summed E-state index contributed by atoms with van der Waals surface area (Å²) in [4.78, 5) is 23.6. The molecule has 2 aromatic rings. The van der Waals surface area contributed by atoms with Gasteiger partial charge in [0.1, 0.15) is 11.4 Å². The molecule has 0 bridgehead atoms. The third-order valence-electron chi connectivity index (χ3n) is 4.40. The minimum atomic E-state index is -0.210. The summed E-state index contributed by atoms with van der Waals surface area (Å²) >= 11 is 0. The van der Waals surface area contributed by atoms with Crippen LogP contribution in [0.4, 0.5) is 11.6 Å². The average Bonchev–Trinajstić information content (AvgIpc) is 2.69. The summed E-state index contributed by atoms with van der Waals surface area (Å²) in [5.74, 6) is 0.866. The number of aromatic nitrogens is 2. The maximum absolute atomic E-state index is 12.6. The molecule has 1 aromatic carbocycles. The van der Waals surface area contributed by atoms with Gasteiger partial charge in [-0.15, -0.1) is 0 Å². The van der Waals surface area contributed by atoms with E-state index >= 15 is 0 Å². The molecule has 0 aliphatic carbocycles. The number of amides is 1. The van der Waals surface area contributed by atoms with Crippen LogP contribution in [-0.2, 0) is 4.74 Å². The number of morpholine rings is 1. The highest BCUT2D eigenvalue weighted by Crippen LogP contribution is 2.27. The van der Waals surface area contributed by atoms with Crippen LogP contribution in [0.25, 0.3) is 0 Å². The Morgan fingerprint density at radius 2 is 2.00 bits per heavy atom. The van der Waals surface area contributed by atoms with Crippen LogP contribution < -0.4 is 15.4 Å². The Kier molecular flexibility index (Phi) is 7.37. The molecule has 3 rings (SSSR count). The maximum Gasteiger partial charge on any atom is 0.270 e. The van der Waals surface area contributed by atoms with Crippen LogP contribution in [0.1, 0.15) is 30.0 Å². The fraction of sp³-hybridized carbons (Fsp3) is 0.476. The molecule has 1 aromatic heterocycles. The van der Waals surface area contributed by atoms with E-state index in [2.05, 4.69) is 25.5 Å². The highest BCUT2D eigenvalue weighted by molar-refractivity contribution is 5.92. The Morgan fingerprint density at radius 3 is 2.76 bits per heavy atom. The first-order chi connectivity index (χ1) is 14.0. The van der Waals surface area contributed by atoms with Crippen molar-refractivity contribution < 1.29 is 14.3 Å². The van der Waals surface area contributed by atoms with Gasteiger partial charge >= 0.3 is 0 Å². The number of hydrogen-bond acceptors (Lipinski definition) is 7. The summed E-state index contributed by atoms with van der Waals surface area (Å²) in [6.07, 6.45) is 0.0455. The molecule has 1 aliphatic rings. The van der Waals surface area contributed by atoms with Gasteiger partial charge in [0, 0.05) is 31.9 Å². The zero-order chi connectivity index (χ0) is 20.6. The van der Waals surface area contributed by atoms with Crippen molar-refractivity contribution in [2.24, 2.45) is 0 Å². The van der Waals surface area contributed by atoms with Gasteiger partial charge in [-0.2, -0.15) is 0 Å². The Labute approximate surface area is 171 Å². The molecule has 1 fully saturated rings. The number of ether oxygens (including phenoxy) is 2. The quantitative estimate of drug-likeness (QED) is 0.704. The SMILES string of the molecule is Cc1cc(C(=O)NCCN2CCOCC2)nc(Nc2ccccc2OC(C)C)n1. The topological polar surface area (TPSA) is 88.6 Å². The number of carbonyl (C=O) groups is 1. The molecule has 0 unspecified atom stereocenters. The summed E-state index contributed by atoms with van der Waals surface area (Å²) in [6.45, 7) is 10.4. The molecule has 8 heteroatoms. The van der Waals surface area contributed by atoms with Crippen molar-refractivity contribution >= 4 is 17.5 Å². The number of hydrogen-bond donors (Lipinski definition) is 2. The molecule has 29 heavy (non-hydrogen) atoms. The van der Waals surface area contributed by atoms with E-state index < -0.39 is 0 Å². The van der Waals surface area contributed by atoms with E-state index in [1.165, 1.54) is 0 Å². The van der Waals surface area contributed by atoms with Crippen molar-refractivity contribution in [3.05, 3.63) is 41.7 Å². The summed E-state index contributed by atoms with van der Waals surface area (Å²) in [5, 5.41) is 6.11. The van der Waals surface area contributed by atoms with Crippen molar-refractivity contribution in [3.63, 3.8) is 0 Å². The molecule has 0 spiro atoms. The molecular weight excluding hydrogens is 370 g/mol. The van der Waals surface area contributed by atoms with E-state index in [-0.39, 0.29) is 12.0 Å².